The van der Waals surface area contributed by atoms with Gasteiger partial charge in [0, 0.05) is 32.6 Å². The molecular weight excluding hydrogens is 392 g/mol. The molecule has 146 valence electrons. The minimum atomic E-state index is -3.72. The van der Waals surface area contributed by atoms with Crippen LogP contribution < -0.4 is 10.4 Å². The first-order valence-corrected chi connectivity index (χ1v) is 10.7. The maximum absolute atomic E-state index is 13.0. The highest BCUT2D eigenvalue weighted by Gasteiger charge is 2.30. The topological polar surface area (TPSA) is 86.4 Å². The molecule has 1 saturated carbocycles. The van der Waals surface area contributed by atoms with Crippen LogP contribution in [0, 0.1) is 5.92 Å². The monoisotopic (exact) mass is 412 g/mol. The van der Waals surface area contributed by atoms with Gasteiger partial charge in [0.1, 0.15) is 11.6 Å². The number of hydrogen-bond acceptors (Lipinski definition) is 5. The van der Waals surface area contributed by atoms with Gasteiger partial charge < -0.3 is 4.74 Å². The van der Waals surface area contributed by atoms with Crippen LogP contribution >= 0.6 is 11.6 Å². The molecule has 2 aliphatic rings. The first-order valence-electron chi connectivity index (χ1n) is 8.90. The zero-order valence-electron chi connectivity index (χ0n) is 15.0. The van der Waals surface area contributed by atoms with Crippen molar-refractivity contribution in [3.8, 4) is 5.75 Å². The molecule has 1 fully saturated rings. The summed E-state index contributed by atoms with van der Waals surface area (Å²) in [5.74, 6) is 1.62. The molecule has 0 atom stereocenters. The molecule has 0 bridgehead atoms. The van der Waals surface area contributed by atoms with Crippen LogP contribution in [-0.2, 0) is 29.5 Å². The Morgan fingerprint density at radius 2 is 2.04 bits per heavy atom. The third-order valence-electron chi connectivity index (χ3n) is 5.05. The quantitative estimate of drug-likeness (QED) is 0.740. The lowest BCUT2D eigenvalue weighted by Gasteiger charge is -2.20. The van der Waals surface area contributed by atoms with Gasteiger partial charge in [-0.3, -0.25) is 4.57 Å². The predicted octanol–water partition coefficient (Wildman–Crippen LogP) is 1.36. The van der Waals surface area contributed by atoms with E-state index in [2.05, 4.69) is 5.10 Å². The maximum atomic E-state index is 13.0. The Labute approximate surface area is 162 Å². The molecule has 0 radical (unpaired) electrons. The van der Waals surface area contributed by atoms with Gasteiger partial charge >= 0.3 is 5.69 Å². The molecule has 2 aromatic rings. The molecule has 1 aliphatic heterocycles. The normalized spacial score (nSPS) is 18.1. The summed E-state index contributed by atoms with van der Waals surface area (Å²) >= 11 is 6.08. The molecule has 0 amide bonds. The molecule has 0 N–H and O–H groups in total. The van der Waals surface area contributed by atoms with E-state index in [1.165, 1.54) is 34.3 Å². The van der Waals surface area contributed by atoms with Gasteiger partial charge in [-0.1, -0.05) is 11.6 Å². The molecule has 10 heteroatoms. The van der Waals surface area contributed by atoms with Crippen molar-refractivity contribution >= 4 is 21.6 Å². The highest BCUT2D eigenvalue weighted by atomic mass is 35.5. The van der Waals surface area contributed by atoms with E-state index in [1.54, 1.807) is 4.57 Å². The number of hydrogen-bond donors (Lipinski definition) is 0. The summed E-state index contributed by atoms with van der Waals surface area (Å²) in [5, 5.41) is 4.66. The van der Waals surface area contributed by atoms with E-state index in [9.17, 15) is 13.2 Å². The van der Waals surface area contributed by atoms with Crippen LogP contribution in [0.15, 0.2) is 27.9 Å². The molecule has 4 rings (SSSR count). The summed E-state index contributed by atoms with van der Waals surface area (Å²) in [4.78, 5) is 12.6. The Bertz CT molecular complexity index is 1030. The van der Waals surface area contributed by atoms with Crippen LogP contribution in [0.5, 0.6) is 5.75 Å². The third-order valence-corrected chi connectivity index (χ3v) is 7.24. The van der Waals surface area contributed by atoms with Gasteiger partial charge in [0.2, 0.25) is 10.0 Å². The maximum Gasteiger partial charge on any atom is 0.345 e. The van der Waals surface area contributed by atoms with Crippen molar-refractivity contribution < 1.29 is 13.2 Å². The number of sulfonamides is 1. The van der Waals surface area contributed by atoms with Gasteiger partial charge in [0.25, 0.3) is 0 Å². The Hall–Kier alpha value is -1.84. The number of ether oxygens (including phenoxy) is 1. The number of methoxy groups -OCH3 is 1. The van der Waals surface area contributed by atoms with Crippen molar-refractivity contribution in [1.82, 2.24) is 18.7 Å². The number of nitrogens with zero attached hydrogens (tertiary/aromatic N) is 4. The number of benzene rings is 1. The van der Waals surface area contributed by atoms with E-state index in [-0.39, 0.29) is 28.7 Å². The van der Waals surface area contributed by atoms with Crippen LogP contribution in [0.25, 0.3) is 0 Å². The number of aromatic nitrogens is 3. The molecule has 2 heterocycles. The molecule has 1 aromatic heterocycles. The second-order valence-electron chi connectivity index (χ2n) is 6.93. The Morgan fingerprint density at radius 3 is 2.70 bits per heavy atom. The van der Waals surface area contributed by atoms with Crippen molar-refractivity contribution in [1.29, 1.82) is 0 Å². The molecule has 0 unspecified atom stereocenters. The van der Waals surface area contributed by atoms with E-state index >= 15 is 0 Å². The van der Waals surface area contributed by atoms with Crippen LogP contribution in [0.3, 0.4) is 0 Å². The number of fused-ring (bicyclic) bond motifs is 1. The smallest absolute Gasteiger partial charge is 0.345 e. The fraction of sp³-hybridized carbons (Fsp3) is 0.529. The summed E-state index contributed by atoms with van der Waals surface area (Å²) in [7, 11) is -2.24. The third kappa shape index (κ3) is 3.51. The summed E-state index contributed by atoms with van der Waals surface area (Å²) < 4.78 is 35.5. The summed E-state index contributed by atoms with van der Waals surface area (Å²) in [6, 6.07) is 4.41. The lowest BCUT2D eigenvalue weighted by molar-refractivity contribution is 0.407. The largest absolute Gasteiger partial charge is 0.495 e. The van der Waals surface area contributed by atoms with Crippen molar-refractivity contribution in [2.75, 3.05) is 20.2 Å². The fourth-order valence-electron chi connectivity index (χ4n) is 3.30. The summed E-state index contributed by atoms with van der Waals surface area (Å²) in [6.45, 7) is 1.44. The van der Waals surface area contributed by atoms with Crippen LogP contribution in [-0.4, -0.2) is 47.3 Å². The fourth-order valence-corrected chi connectivity index (χ4v) is 5.09. The Balaban J connectivity index is 1.55. The predicted molar refractivity (Wildman–Crippen MR) is 99.7 cm³/mol. The number of rotatable bonds is 5. The molecule has 8 nitrogen and oxygen atoms in total. The van der Waals surface area contributed by atoms with Gasteiger partial charge in [0.05, 0.1) is 17.0 Å². The average Bonchev–Trinajstić information content (AvgIpc) is 3.43. The van der Waals surface area contributed by atoms with Crippen molar-refractivity contribution in [2.24, 2.45) is 5.92 Å². The van der Waals surface area contributed by atoms with Gasteiger partial charge in [-0.05, 0) is 37.0 Å². The Kier molecular flexibility index (Phi) is 4.77. The summed E-state index contributed by atoms with van der Waals surface area (Å²) in [5.41, 5.74) is -0.149. The molecule has 0 saturated heterocycles. The van der Waals surface area contributed by atoms with E-state index < -0.39 is 10.0 Å². The average molecular weight is 413 g/mol. The first kappa shape index (κ1) is 18.5. The molecule has 27 heavy (non-hydrogen) atoms. The van der Waals surface area contributed by atoms with Crippen LogP contribution in [0.1, 0.15) is 18.7 Å². The zero-order valence-corrected chi connectivity index (χ0v) is 16.5. The second kappa shape index (κ2) is 6.96. The lowest BCUT2D eigenvalue weighted by Crippen LogP contribution is -2.35. The standard InChI is InChI=1S/C17H21ClN4O4S/c1-26-15-5-4-13(10-14(15)18)27(24,25)20-7-6-16-19-22(11-12-2-3-12)17(23)21(16)9-8-20/h4-5,10,12H,2-3,6-9,11H2,1H3. The Morgan fingerprint density at radius 1 is 1.26 bits per heavy atom. The number of halogens is 1. The van der Waals surface area contributed by atoms with Gasteiger partial charge in [0.15, 0.2) is 0 Å². The van der Waals surface area contributed by atoms with Crippen molar-refractivity contribution in [3.05, 3.63) is 39.5 Å². The van der Waals surface area contributed by atoms with E-state index in [1.807, 2.05) is 0 Å². The molecule has 0 spiro atoms. The lowest BCUT2D eigenvalue weighted by atomic mass is 10.3. The minimum Gasteiger partial charge on any atom is -0.495 e. The van der Waals surface area contributed by atoms with Gasteiger partial charge in [-0.15, -0.1) is 0 Å². The van der Waals surface area contributed by atoms with Crippen molar-refractivity contribution in [3.63, 3.8) is 0 Å². The molecular formula is C17H21ClN4O4S. The second-order valence-corrected chi connectivity index (χ2v) is 9.27. The van der Waals surface area contributed by atoms with Crippen LogP contribution in [0.2, 0.25) is 5.02 Å². The zero-order chi connectivity index (χ0) is 19.2. The highest BCUT2D eigenvalue weighted by molar-refractivity contribution is 7.89. The minimum absolute atomic E-state index is 0.110. The summed E-state index contributed by atoms with van der Waals surface area (Å²) in [6.07, 6.45) is 2.69. The highest BCUT2D eigenvalue weighted by Crippen LogP contribution is 2.30. The first-order chi connectivity index (χ1) is 12.9. The van der Waals surface area contributed by atoms with Gasteiger partial charge in [-0.25, -0.2) is 17.9 Å². The van der Waals surface area contributed by atoms with E-state index in [0.717, 1.165) is 12.8 Å². The van der Waals surface area contributed by atoms with Gasteiger partial charge in [-0.2, -0.15) is 9.40 Å². The molecule has 1 aliphatic carbocycles. The van der Waals surface area contributed by atoms with Crippen LogP contribution in [0.4, 0.5) is 0 Å². The SMILES string of the molecule is COc1ccc(S(=O)(=O)N2CCc3nn(CC4CC4)c(=O)n3CC2)cc1Cl. The van der Waals surface area contributed by atoms with E-state index in [0.29, 0.717) is 37.0 Å². The van der Waals surface area contributed by atoms with E-state index in [4.69, 9.17) is 16.3 Å². The molecule has 1 aromatic carbocycles. The van der Waals surface area contributed by atoms with Crippen molar-refractivity contribution in [2.45, 2.75) is 37.2 Å².